The molecule has 5 nitrogen and oxygen atoms in total. The van der Waals surface area contributed by atoms with Gasteiger partial charge in [0.25, 0.3) is 5.91 Å². The SMILES string of the molecule is Cc1nnc(C(=O)NCC2(CO)CC3(CCC3)C2)s1. The van der Waals surface area contributed by atoms with Crippen LogP contribution in [0.4, 0.5) is 0 Å². The lowest BCUT2D eigenvalue weighted by Crippen LogP contribution is -2.56. The highest BCUT2D eigenvalue weighted by Gasteiger charge is 2.56. The number of amides is 1. The van der Waals surface area contributed by atoms with Gasteiger partial charge in [0.05, 0.1) is 6.61 Å². The summed E-state index contributed by atoms with van der Waals surface area (Å²) in [6.07, 6.45) is 5.99. The molecule has 0 radical (unpaired) electrons. The van der Waals surface area contributed by atoms with Gasteiger partial charge in [-0.3, -0.25) is 4.79 Å². The molecule has 2 N–H and O–H groups in total. The standard InChI is InChI=1S/C13H19N3O2S/c1-9-15-16-11(19-9)10(18)14-7-13(8-17)5-12(6-13)3-2-4-12/h17H,2-8H2,1H3,(H,14,18). The van der Waals surface area contributed by atoms with Crippen LogP contribution >= 0.6 is 11.3 Å². The maximum Gasteiger partial charge on any atom is 0.282 e. The second kappa shape index (κ2) is 4.52. The number of hydrogen-bond acceptors (Lipinski definition) is 5. The van der Waals surface area contributed by atoms with Crippen molar-refractivity contribution in [2.75, 3.05) is 13.2 Å². The second-order valence-corrected chi connectivity index (χ2v) is 7.36. The highest BCUT2D eigenvalue weighted by atomic mass is 32.1. The highest BCUT2D eigenvalue weighted by Crippen LogP contribution is 2.63. The molecule has 2 aliphatic carbocycles. The Bertz CT molecular complexity index is 488. The van der Waals surface area contributed by atoms with Crippen LogP contribution in [0.1, 0.15) is 46.9 Å². The topological polar surface area (TPSA) is 75.1 Å². The molecular formula is C13H19N3O2S. The molecule has 0 unspecified atom stereocenters. The van der Waals surface area contributed by atoms with Crippen molar-refractivity contribution in [3.8, 4) is 0 Å². The lowest BCUT2D eigenvalue weighted by molar-refractivity contribution is -0.118. The number of nitrogens with one attached hydrogen (secondary N) is 1. The molecule has 1 aromatic rings. The Morgan fingerprint density at radius 3 is 2.63 bits per heavy atom. The number of aliphatic hydroxyl groups excluding tert-OH is 1. The van der Waals surface area contributed by atoms with Crippen molar-refractivity contribution < 1.29 is 9.90 Å². The van der Waals surface area contributed by atoms with Crippen LogP contribution in [-0.2, 0) is 0 Å². The molecule has 0 saturated heterocycles. The van der Waals surface area contributed by atoms with E-state index in [0.717, 1.165) is 17.8 Å². The Morgan fingerprint density at radius 2 is 2.16 bits per heavy atom. The molecule has 19 heavy (non-hydrogen) atoms. The van der Waals surface area contributed by atoms with Gasteiger partial charge in [0.2, 0.25) is 5.01 Å². The third kappa shape index (κ3) is 2.27. The molecule has 1 aromatic heterocycles. The van der Waals surface area contributed by atoms with Crippen LogP contribution in [0, 0.1) is 17.8 Å². The summed E-state index contributed by atoms with van der Waals surface area (Å²) in [4.78, 5) is 11.9. The molecule has 6 heteroatoms. The van der Waals surface area contributed by atoms with E-state index in [1.54, 1.807) is 0 Å². The van der Waals surface area contributed by atoms with Gasteiger partial charge in [-0.15, -0.1) is 10.2 Å². The number of carbonyl (C=O) groups is 1. The van der Waals surface area contributed by atoms with E-state index in [1.807, 2.05) is 6.92 Å². The first-order valence-corrected chi connectivity index (χ1v) is 7.57. The Morgan fingerprint density at radius 1 is 1.42 bits per heavy atom. The molecule has 0 aromatic carbocycles. The average molecular weight is 281 g/mol. The number of rotatable bonds is 4. The van der Waals surface area contributed by atoms with Crippen LogP contribution in [-0.4, -0.2) is 34.4 Å². The Balaban J connectivity index is 1.55. The third-order valence-corrected chi connectivity index (χ3v) is 5.43. The van der Waals surface area contributed by atoms with E-state index in [2.05, 4.69) is 15.5 Å². The monoisotopic (exact) mass is 281 g/mol. The molecule has 2 saturated carbocycles. The number of aryl methyl sites for hydroxylation is 1. The van der Waals surface area contributed by atoms with Crippen molar-refractivity contribution in [1.82, 2.24) is 15.5 Å². The van der Waals surface area contributed by atoms with Gasteiger partial charge >= 0.3 is 0 Å². The largest absolute Gasteiger partial charge is 0.396 e. The number of hydrogen-bond donors (Lipinski definition) is 2. The molecular weight excluding hydrogens is 262 g/mol. The van der Waals surface area contributed by atoms with Crippen LogP contribution in [0.25, 0.3) is 0 Å². The molecule has 0 bridgehead atoms. The Labute approximate surface area is 116 Å². The van der Waals surface area contributed by atoms with Crippen molar-refractivity contribution in [2.24, 2.45) is 10.8 Å². The first kappa shape index (κ1) is 13.0. The number of nitrogens with zero attached hydrogens (tertiary/aromatic N) is 2. The zero-order valence-corrected chi connectivity index (χ0v) is 11.9. The van der Waals surface area contributed by atoms with Gasteiger partial charge in [-0.1, -0.05) is 17.8 Å². The maximum atomic E-state index is 11.9. The molecule has 2 aliphatic rings. The highest BCUT2D eigenvalue weighted by molar-refractivity contribution is 7.13. The van der Waals surface area contributed by atoms with Crippen molar-refractivity contribution in [3.05, 3.63) is 10.0 Å². The maximum absolute atomic E-state index is 11.9. The summed E-state index contributed by atoms with van der Waals surface area (Å²) in [7, 11) is 0. The van der Waals surface area contributed by atoms with Crippen molar-refractivity contribution in [3.63, 3.8) is 0 Å². The lowest BCUT2D eigenvalue weighted by atomic mass is 9.45. The van der Waals surface area contributed by atoms with Crippen LogP contribution in [0.15, 0.2) is 0 Å². The van der Waals surface area contributed by atoms with Gasteiger partial charge in [0, 0.05) is 12.0 Å². The summed E-state index contributed by atoms with van der Waals surface area (Å²) in [6.45, 7) is 2.53. The summed E-state index contributed by atoms with van der Waals surface area (Å²) in [6, 6.07) is 0. The van der Waals surface area contributed by atoms with Gasteiger partial charge in [0.1, 0.15) is 5.01 Å². The van der Waals surface area contributed by atoms with Gasteiger partial charge < -0.3 is 10.4 Å². The van der Waals surface area contributed by atoms with Crippen LogP contribution in [0.5, 0.6) is 0 Å². The molecule has 0 aliphatic heterocycles. The molecule has 0 atom stereocenters. The zero-order valence-electron chi connectivity index (χ0n) is 11.1. The Kier molecular flexibility index (Phi) is 3.09. The van der Waals surface area contributed by atoms with Crippen LogP contribution < -0.4 is 5.32 Å². The lowest BCUT2D eigenvalue weighted by Gasteiger charge is -2.60. The van der Waals surface area contributed by atoms with E-state index in [-0.39, 0.29) is 17.9 Å². The van der Waals surface area contributed by atoms with E-state index in [1.165, 1.54) is 30.6 Å². The smallest absolute Gasteiger partial charge is 0.282 e. The van der Waals surface area contributed by atoms with Crippen molar-refractivity contribution in [1.29, 1.82) is 0 Å². The number of carbonyl (C=O) groups excluding carboxylic acids is 1. The zero-order chi connectivity index (χ0) is 13.5. The van der Waals surface area contributed by atoms with Crippen molar-refractivity contribution >= 4 is 17.2 Å². The molecule has 3 rings (SSSR count). The summed E-state index contributed by atoms with van der Waals surface area (Å²) < 4.78 is 0. The van der Waals surface area contributed by atoms with Gasteiger partial charge in [-0.05, 0) is 38.0 Å². The number of aromatic nitrogens is 2. The minimum absolute atomic E-state index is 0.101. The average Bonchev–Trinajstić information content (AvgIpc) is 2.73. The predicted molar refractivity (Wildman–Crippen MR) is 72.0 cm³/mol. The first-order valence-electron chi connectivity index (χ1n) is 6.76. The van der Waals surface area contributed by atoms with E-state index in [0.29, 0.717) is 17.0 Å². The van der Waals surface area contributed by atoms with E-state index in [9.17, 15) is 9.90 Å². The first-order chi connectivity index (χ1) is 9.06. The van der Waals surface area contributed by atoms with Crippen molar-refractivity contribution in [2.45, 2.75) is 39.0 Å². The minimum Gasteiger partial charge on any atom is -0.396 e. The fourth-order valence-corrected chi connectivity index (χ4v) is 4.20. The quantitative estimate of drug-likeness (QED) is 0.877. The normalized spacial score (nSPS) is 22.6. The summed E-state index contributed by atoms with van der Waals surface area (Å²) in [5.41, 5.74) is 0.391. The summed E-state index contributed by atoms with van der Waals surface area (Å²) in [5, 5.41) is 21.4. The van der Waals surface area contributed by atoms with E-state index >= 15 is 0 Å². The Hall–Kier alpha value is -1.01. The van der Waals surface area contributed by atoms with E-state index < -0.39 is 0 Å². The molecule has 1 heterocycles. The fourth-order valence-electron chi connectivity index (χ4n) is 3.59. The van der Waals surface area contributed by atoms with Crippen LogP contribution in [0.3, 0.4) is 0 Å². The van der Waals surface area contributed by atoms with Crippen LogP contribution in [0.2, 0.25) is 0 Å². The van der Waals surface area contributed by atoms with Gasteiger partial charge in [0.15, 0.2) is 0 Å². The third-order valence-electron chi connectivity index (χ3n) is 4.59. The van der Waals surface area contributed by atoms with E-state index in [4.69, 9.17) is 0 Å². The number of aliphatic hydroxyl groups is 1. The minimum atomic E-state index is -0.173. The molecule has 2 fully saturated rings. The molecule has 104 valence electrons. The molecule has 1 spiro atoms. The second-order valence-electron chi connectivity index (χ2n) is 6.17. The van der Waals surface area contributed by atoms with Gasteiger partial charge in [-0.25, -0.2) is 0 Å². The molecule has 1 amide bonds. The summed E-state index contributed by atoms with van der Waals surface area (Å²) in [5.74, 6) is -0.173. The summed E-state index contributed by atoms with van der Waals surface area (Å²) >= 11 is 1.30. The fraction of sp³-hybridized carbons (Fsp3) is 0.769. The van der Waals surface area contributed by atoms with Gasteiger partial charge in [-0.2, -0.15) is 0 Å². The predicted octanol–water partition coefficient (Wildman–Crippen LogP) is 1.52.